The fourth-order valence-corrected chi connectivity index (χ4v) is 2.23. The minimum absolute atomic E-state index is 0.169. The Balaban J connectivity index is 2.51. The van der Waals surface area contributed by atoms with Crippen LogP contribution in [-0.4, -0.2) is 23.0 Å². The van der Waals surface area contributed by atoms with Gasteiger partial charge in [0.05, 0.1) is 12.8 Å². The number of carbonyl (C=O) groups is 1. The molecule has 0 bridgehead atoms. The van der Waals surface area contributed by atoms with Gasteiger partial charge in [-0.1, -0.05) is 41.9 Å². The second-order valence-electron chi connectivity index (χ2n) is 4.50. The average Bonchev–Trinajstić information content (AvgIpc) is 2.83. The van der Waals surface area contributed by atoms with Crippen LogP contribution in [0.2, 0.25) is 0 Å². The second-order valence-corrected chi connectivity index (χ2v) is 5.42. The number of rotatable bonds is 3. The summed E-state index contributed by atoms with van der Waals surface area (Å²) in [5.74, 6) is 0.425. The number of hydrogen-bond acceptors (Lipinski definition) is 3. The van der Waals surface area contributed by atoms with E-state index in [9.17, 15) is 4.79 Å². The van der Waals surface area contributed by atoms with Crippen molar-refractivity contribution in [3.8, 4) is 11.4 Å². The maximum absolute atomic E-state index is 11.7. The predicted molar refractivity (Wildman–Crippen MR) is 77.2 cm³/mol. The largest absolute Gasteiger partial charge is 0.464 e. The van der Waals surface area contributed by atoms with Crippen LogP contribution in [0.25, 0.3) is 11.4 Å². The number of hydrogen-bond donors (Lipinski definition) is 1. The molecule has 5 heteroatoms. The predicted octanol–water partition coefficient (Wildman–Crippen LogP) is 3.75. The molecular weight excluding hydrogens is 308 g/mol. The molecule has 0 spiro atoms. The minimum atomic E-state index is -0.416. The normalized spacial score (nSPS) is 10.8. The number of aromatic amines is 1. The first-order valence-electron chi connectivity index (χ1n) is 5.97. The molecular formula is C14H15BrN2O2. The number of ether oxygens (including phenoxy) is 1. The van der Waals surface area contributed by atoms with Crippen LogP contribution in [-0.2, 0) is 4.74 Å². The molecule has 1 aromatic carbocycles. The van der Waals surface area contributed by atoms with Gasteiger partial charge in [-0.25, -0.2) is 9.78 Å². The standard InChI is InChI=1S/C14H15BrN2O2/c1-8(2)11-12(14(18)19-3)17-13(16-11)9-5-4-6-10(15)7-9/h4-8H,1-3H3,(H,16,17). The second kappa shape index (κ2) is 5.57. The molecule has 1 N–H and O–H groups in total. The van der Waals surface area contributed by atoms with E-state index >= 15 is 0 Å². The maximum atomic E-state index is 11.7. The van der Waals surface area contributed by atoms with Gasteiger partial charge >= 0.3 is 5.97 Å². The summed E-state index contributed by atoms with van der Waals surface area (Å²) >= 11 is 3.42. The highest BCUT2D eigenvalue weighted by atomic mass is 79.9. The van der Waals surface area contributed by atoms with Gasteiger partial charge in [0.2, 0.25) is 0 Å². The molecule has 1 aromatic heterocycles. The zero-order valence-corrected chi connectivity index (χ0v) is 12.6. The fourth-order valence-electron chi connectivity index (χ4n) is 1.83. The summed E-state index contributed by atoms with van der Waals surface area (Å²) in [7, 11) is 1.36. The molecule has 2 aromatic rings. The Hall–Kier alpha value is -1.62. The molecule has 0 atom stereocenters. The van der Waals surface area contributed by atoms with E-state index in [1.54, 1.807) is 0 Å². The molecule has 19 heavy (non-hydrogen) atoms. The summed E-state index contributed by atoms with van der Waals surface area (Å²) in [5, 5.41) is 0. The number of imidazole rings is 1. The number of H-pyrrole nitrogens is 1. The number of nitrogens with one attached hydrogen (secondary N) is 1. The third kappa shape index (κ3) is 2.87. The summed E-state index contributed by atoms with van der Waals surface area (Å²) < 4.78 is 5.73. The number of nitrogens with zero attached hydrogens (tertiary/aromatic N) is 1. The minimum Gasteiger partial charge on any atom is -0.464 e. The summed E-state index contributed by atoms with van der Waals surface area (Å²) in [5.41, 5.74) is 2.07. The van der Waals surface area contributed by atoms with Crippen LogP contribution >= 0.6 is 15.9 Å². The van der Waals surface area contributed by atoms with E-state index in [4.69, 9.17) is 4.74 Å². The molecule has 2 rings (SSSR count). The van der Waals surface area contributed by atoms with E-state index in [0.717, 1.165) is 15.7 Å². The van der Waals surface area contributed by atoms with Gasteiger partial charge in [0.25, 0.3) is 0 Å². The molecule has 0 saturated carbocycles. The number of methoxy groups -OCH3 is 1. The number of aromatic nitrogens is 2. The number of esters is 1. The van der Waals surface area contributed by atoms with Gasteiger partial charge in [-0.15, -0.1) is 0 Å². The summed E-state index contributed by atoms with van der Waals surface area (Å²) in [6, 6.07) is 7.75. The Morgan fingerprint density at radius 2 is 2.16 bits per heavy atom. The zero-order chi connectivity index (χ0) is 14.0. The van der Waals surface area contributed by atoms with Crippen molar-refractivity contribution in [1.82, 2.24) is 9.97 Å². The smallest absolute Gasteiger partial charge is 0.358 e. The van der Waals surface area contributed by atoms with Crippen molar-refractivity contribution in [2.75, 3.05) is 7.11 Å². The van der Waals surface area contributed by atoms with E-state index in [1.165, 1.54) is 7.11 Å². The lowest BCUT2D eigenvalue weighted by Crippen LogP contribution is -2.06. The first kappa shape index (κ1) is 13.8. The monoisotopic (exact) mass is 322 g/mol. The molecule has 4 nitrogen and oxygen atoms in total. The van der Waals surface area contributed by atoms with E-state index < -0.39 is 5.97 Å². The molecule has 0 aliphatic carbocycles. The summed E-state index contributed by atoms with van der Waals surface area (Å²) in [4.78, 5) is 19.3. The van der Waals surface area contributed by atoms with Crippen molar-refractivity contribution in [2.24, 2.45) is 0 Å². The highest BCUT2D eigenvalue weighted by Gasteiger charge is 2.20. The van der Waals surface area contributed by atoms with Gasteiger partial charge < -0.3 is 9.72 Å². The van der Waals surface area contributed by atoms with Crippen molar-refractivity contribution in [3.63, 3.8) is 0 Å². The van der Waals surface area contributed by atoms with Gasteiger partial charge in [0.15, 0.2) is 5.69 Å². The zero-order valence-electron chi connectivity index (χ0n) is 11.0. The third-order valence-corrected chi connectivity index (χ3v) is 3.28. The van der Waals surface area contributed by atoms with Crippen LogP contribution in [0.3, 0.4) is 0 Å². The topological polar surface area (TPSA) is 55.0 Å². The summed E-state index contributed by atoms with van der Waals surface area (Å²) in [6.45, 7) is 4.01. The fraction of sp³-hybridized carbons (Fsp3) is 0.286. The molecule has 0 saturated heterocycles. The van der Waals surface area contributed by atoms with Gasteiger partial charge in [0.1, 0.15) is 5.82 Å². The number of carbonyl (C=O) groups excluding carboxylic acids is 1. The Morgan fingerprint density at radius 1 is 1.42 bits per heavy atom. The van der Waals surface area contributed by atoms with Gasteiger partial charge in [-0.2, -0.15) is 0 Å². The van der Waals surface area contributed by atoms with E-state index in [-0.39, 0.29) is 5.92 Å². The lowest BCUT2D eigenvalue weighted by molar-refractivity contribution is 0.0593. The molecule has 100 valence electrons. The molecule has 0 aliphatic heterocycles. The van der Waals surface area contributed by atoms with Crippen molar-refractivity contribution < 1.29 is 9.53 Å². The highest BCUT2D eigenvalue weighted by Crippen LogP contribution is 2.25. The molecule has 0 fully saturated rings. The highest BCUT2D eigenvalue weighted by molar-refractivity contribution is 9.10. The molecule has 0 aliphatic rings. The van der Waals surface area contributed by atoms with Crippen molar-refractivity contribution >= 4 is 21.9 Å². The lowest BCUT2D eigenvalue weighted by atomic mass is 10.1. The number of halogens is 1. The molecule has 0 unspecified atom stereocenters. The van der Waals surface area contributed by atoms with Crippen LogP contribution in [0.15, 0.2) is 28.7 Å². The van der Waals surface area contributed by atoms with Crippen LogP contribution in [0.4, 0.5) is 0 Å². The van der Waals surface area contributed by atoms with Gasteiger partial charge in [-0.3, -0.25) is 0 Å². The Morgan fingerprint density at radius 3 is 2.74 bits per heavy atom. The first-order chi connectivity index (χ1) is 9.02. The van der Waals surface area contributed by atoms with Gasteiger partial charge in [-0.05, 0) is 18.1 Å². The van der Waals surface area contributed by atoms with Crippen LogP contribution in [0, 0.1) is 0 Å². The van der Waals surface area contributed by atoms with Crippen LogP contribution in [0.1, 0.15) is 35.9 Å². The quantitative estimate of drug-likeness (QED) is 0.875. The molecule has 0 radical (unpaired) electrons. The van der Waals surface area contributed by atoms with Crippen LogP contribution < -0.4 is 0 Å². The summed E-state index contributed by atoms with van der Waals surface area (Å²) in [6.07, 6.45) is 0. The van der Waals surface area contributed by atoms with Gasteiger partial charge in [0, 0.05) is 10.0 Å². The SMILES string of the molecule is COC(=O)c1nc(-c2cccc(Br)c2)[nH]c1C(C)C. The number of benzene rings is 1. The Bertz CT molecular complexity index is 605. The first-order valence-corrected chi connectivity index (χ1v) is 6.76. The van der Waals surface area contributed by atoms with E-state index in [0.29, 0.717) is 11.5 Å². The van der Waals surface area contributed by atoms with E-state index in [1.807, 2.05) is 38.1 Å². The van der Waals surface area contributed by atoms with Crippen molar-refractivity contribution in [1.29, 1.82) is 0 Å². The van der Waals surface area contributed by atoms with Crippen molar-refractivity contribution in [2.45, 2.75) is 19.8 Å². The van der Waals surface area contributed by atoms with E-state index in [2.05, 4.69) is 25.9 Å². The van der Waals surface area contributed by atoms with Crippen molar-refractivity contribution in [3.05, 3.63) is 40.1 Å². The molecule has 1 heterocycles. The Labute approximate surface area is 120 Å². The Kier molecular flexibility index (Phi) is 4.04. The maximum Gasteiger partial charge on any atom is 0.358 e. The lowest BCUT2D eigenvalue weighted by Gasteiger charge is -2.03. The van der Waals surface area contributed by atoms with Crippen LogP contribution in [0.5, 0.6) is 0 Å². The average molecular weight is 323 g/mol. The molecule has 0 amide bonds. The third-order valence-electron chi connectivity index (χ3n) is 2.79.